The van der Waals surface area contributed by atoms with Crippen LogP contribution < -0.4 is 5.32 Å². The van der Waals surface area contributed by atoms with Crippen LogP contribution >= 0.6 is 11.6 Å². The van der Waals surface area contributed by atoms with Gasteiger partial charge in [0.2, 0.25) is 5.91 Å². The van der Waals surface area contributed by atoms with Gasteiger partial charge in [-0.15, -0.1) is 0 Å². The van der Waals surface area contributed by atoms with E-state index in [4.69, 9.17) is 11.6 Å². The van der Waals surface area contributed by atoms with E-state index in [1.165, 1.54) is 24.8 Å². The van der Waals surface area contributed by atoms with Crippen molar-refractivity contribution in [2.75, 3.05) is 26.2 Å². The Hall–Kier alpha value is -1.06. The first-order valence-electron chi connectivity index (χ1n) is 8.93. The normalized spacial score (nSPS) is 20.7. The van der Waals surface area contributed by atoms with Crippen LogP contribution in [0.4, 0.5) is 0 Å². The molecule has 1 unspecified atom stereocenters. The van der Waals surface area contributed by atoms with Crippen molar-refractivity contribution >= 4 is 17.5 Å². The minimum absolute atomic E-state index is 0.345. The number of hydrogen-bond acceptors (Lipinski definition) is 2. The van der Waals surface area contributed by atoms with Gasteiger partial charge >= 0.3 is 0 Å². The number of amides is 1. The second kappa shape index (κ2) is 8.16. The first-order chi connectivity index (χ1) is 11.2. The minimum Gasteiger partial charge on any atom is -0.342 e. The van der Waals surface area contributed by atoms with Crippen molar-refractivity contribution in [1.29, 1.82) is 0 Å². The van der Waals surface area contributed by atoms with Gasteiger partial charge in [-0.05, 0) is 74.7 Å². The molecule has 2 fully saturated rings. The first kappa shape index (κ1) is 16.8. The lowest BCUT2D eigenvalue weighted by Crippen LogP contribution is -2.35. The molecule has 1 aromatic carbocycles. The number of nitrogens with one attached hydrogen (secondary N) is 1. The van der Waals surface area contributed by atoms with Crippen molar-refractivity contribution in [3.63, 3.8) is 0 Å². The lowest BCUT2D eigenvalue weighted by Gasteiger charge is -2.23. The maximum atomic E-state index is 12.6. The van der Waals surface area contributed by atoms with Crippen LogP contribution in [0.5, 0.6) is 0 Å². The number of carbonyl (C=O) groups excluding carboxylic acids is 1. The van der Waals surface area contributed by atoms with Gasteiger partial charge in [-0.1, -0.05) is 23.7 Å². The SMILES string of the molecule is O=C(CCC1CCNC1)N(CCc1ccc(Cl)cc1)CC1CC1. The fraction of sp³-hybridized carbons (Fsp3) is 0.632. The van der Waals surface area contributed by atoms with Crippen molar-refractivity contribution in [2.24, 2.45) is 11.8 Å². The van der Waals surface area contributed by atoms with Gasteiger partial charge in [0.25, 0.3) is 0 Å². The molecule has 1 heterocycles. The fourth-order valence-corrected chi connectivity index (χ4v) is 3.42. The summed E-state index contributed by atoms with van der Waals surface area (Å²) in [5, 5.41) is 4.15. The number of hydrogen-bond donors (Lipinski definition) is 1. The largest absolute Gasteiger partial charge is 0.342 e. The van der Waals surface area contributed by atoms with Gasteiger partial charge in [0.15, 0.2) is 0 Å². The highest BCUT2D eigenvalue weighted by atomic mass is 35.5. The number of halogens is 1. The number of carbonyl (C=O) groups is 1. The summed E-state index contributed by atoms with van der Waals surface area (Å²) in [6.07, 6.45) is 6.46. The molecule has 23 heavy (non-hydrogen) atoms. The molecular weight excluding hydrogens is 308 g/mol. The summed E-state index contributed by atoms with van der Waals surface area (Å²) >= 11 is 5.94. The van der Waals surface area contributed by atoms with E-state index in [1.54, 1.807) is 0 Å². The lowest BCUT2D eigenvalue weighted by molar-refractivity contribution is -0.131. The van der Waals surface area contributed by atoms with E-state index in [9.17, 15) is 4.79 Å². The molecule has 1 amide bonds. The molecule has 0 radical (unpaired) electrons. The molecule has 2 aliphatic rings. The van der Waals surface area contributed by atoms with E-state index in [1.807, 2.05) is 12.1 Å². The average Bonchev–Trinajstić information content (AvgIpc) is 3.22. The molecule has 4 heteroatoms. The molecule has 1 N–H and O–H groups in total. The standard InChI is InChI=1S/C19H27ClN2O/c20-18-6-3-15(4-7-18)10-12-22(14-17-1-2-17)19(23)8-5-16-9-11-21-13-16/h3-4,6-7,16-17,21H,1-2,5,8-14H2. The molecule has 1 saturated carbocycles. The molecule has 3 nitrogen and oxygen atoms in total. The van der Waals surface area contributed by atoms with Crippen LogP contribution in [0.2, 0.25) is 5.02 Å². The Morgan fingerprint density at radius 3 is 2.61 bits per heavy atom. The molecule has 1 saturated heterocycles. The summed E-state index contributed by atoms with van der Waals surface area (Å²) < 4.78 is 0. The summed E-state index contributed by atoms with van der Waals surface area (Å²) in [4.78, 5) is 14.7. The maximum absolute atomic E-state index is 12.6. The van der Waals surface area contributed by atoms with Crippen molar-refractivity contribution in [3.8, 4) is 0 Å². The molecule has 0 aromatic heterocycles. The van der Waals surface area contributed by atoms with Crippen molar-refractivity contribution < 1.29 is 4.79 Å². The zero-order valence-electron chi connectivity index (χ0n) is 13.8. The zero-order chi connectivity index (χ0) is 16.1. The van der Waals surface area contributed by atoms with Crippen molar-refractivity contribution in [2.45, 2.75) is 38.5 Å². The van der Waals surface area contributed by atoms with Crippen LogP contribution in [-0.4, -0.2) is 37.0 Å². The zero-order valence-corrected chi connectivity index (χ0v) is 14.5. The smallest absolute Gasteiger partial charge is 0.222 e. The number of benzene rings is 1. The van der Waals surface area contributed by atoms with E-state index in [2.05, 4.69) is 22.3 Å². The molecular formula is C19H27ClN2O. The predicted octanol–water partition coefficient (Wildman–Crippen LogP) is 3.51. The third-order valence-corrected chi connectivity index (χ3v) is 5.29. The van der Waals surface area contributed by atoms with E-state index in [-0.39, 0.29) is 0 Å². The van der Waals surface area contributed by atoms with E-state index in [0.717, 1.165) is 50.0 Å². The molecule has 1 aromatic rings. The Morgan fingerprint density at radius 2 is 1.96 bits per heavy atom. The van der Waals surface area contributed by atoms with Gasteiger partial charge in [0.1, 0.15) is 0 Å². The van der Waals surface area contributed by atoms with Gasteiger partial charge in [-0.3, -0.25) is 4.79 Å². The third-order valence-electron chi connectivity index (χ3n) is 5.04. The predicted molar refractivity (Wildman–Crippen MR) is 94.7 cm³/mol. The Balaban J connectivity index is 1.49. The van der Waals surface area contributed by atoms with Crippen molar-refractivity contribution in [3.05, 3.63) is 34.9 Å². The van der Waals surface area contributed by atoms with Crippen LogP contribution in [0.1, 0.15) is 37.7 Å². The number of nitrogens with zero attached hydrogens (tertiary/aromatic N) is 1. The van der Waals surface area contributed by atoms with Crippen LogP contribution in [0, 0.1) is 11.8 Å². The molecule has 1 aliphatic carbocycles. The molecule has 126 valence electrons. The summed E-state index contributed by atoms with van der Waals surface area (Å²) in [6.45, 7) is 3.98. The van der Waals surface area contributed by atoms with Crippen LogP contribution in [0.15, 0.2) is 24.3 Å². The Morgan fingerprint density at radius 1 is 1.17 bits per heavy atom. The summed E-state index contributed by atoms with van der Waals surface area (Å²) in [5.74, 6) is 1.79. The topological polar surface area (TPSA) is 32.3 Å². The summed E-state index contributed by atoms with van der Waals surface area (Å²) in [5.41, 5.74) is 1.25. The Labute approximate surface area is 144 Å². The van der Waals surface area contributed by atoms with E-state index >= 15 is 0 Å². The minimum atomic E-state index is 0.345. The summed E-state index contributed by atoms with van der Waals surface area (Å²) in [6, 6.07) is 7.98. The highest BCUT2D eigenvalue weighted by Crippen LogP contribution is 2.30. The highest BCUT2D eigenvalue weighted by Gasteiger charge is 2.27. The van der Waals surface area contributed by atoms with Crippen LogP contribution in [-0.2, 0) is 11.2 Å². The second-order valence-electron chi connectivity index (χ2n) is 7.06. The third kappa shape index (κ3) is 5.50. The Kier molecular flexibility index (Phi) is 5.96. The van der Waals surface area contributed by atoms with Crippen LogP contribution in [0.3, 0.4) is 0 Å². The van der Waals surface area contributed by atoms with Gasteiger partial charge in [0, 0.05) is 24.5 Å². The lowest BCUT2D eigenvalue weighted by atomic mass is 10.0. The first-order valence-corrected chi connectivity index (χ1v) is 9.31. The number of rotatable bonds is 8. The molecule has 1 atom stereocenters. The molecule has 0 bridgehead atoms. The molecule has 1 aliphatic heterocycles. The van der Waals surface area contributed by atoms with Crippen LogP contribution in [0.25, 0.3) is 0 Å². The van der Waals surface area contributed by atoms with Crippen molar-refractivity contribution in [1.82, 2.24) is 10.2 Å². The highest BCUT2D eigenvalue weighted by molar-refractivity contribution is 6.30. The van der Waals surface area contributed by atoms with Gasteiger partial charge < -0.3 is 10.2 Å². The average molecular weight is 335 g/mol. The monoisotopic (exact) mass is 334 g/mol. The molecule has 0 spiro atoms. The van der Waals surface area contributed by atoms with Gasteiger partial charge in [-0.25, -0.2) is 0 Å². The van der Waals surface area contributed by atoms with Gasteiger partial charge in [-0.2, -0.15) is 0 Å². The van der Waals surface area contributed by atoms with E-state index < -0.39 is 0 Å². The summed E-state index contributed by atoms with van der Waals surface area (Å²) in [7, 11) is 0. The van der Waals surface area contributed by atoms with E-state index in [0.29, 0.717) is 18.2 Å². The van der Waals surface area contributed by atoms with Gasteiger partial charge in [0.05, 0.1) is 0 Å². The quantitative estimate of drug-likeness (QED) is 0.789. The maximum Gasteiger partial charge on any atom is 0.222 e. The molecule has 3 rings (SSSR count). The fourth-order valence-electron chi connectivity index (χ4n) is 3.29. The second-order valence-corrected chi connectivity index (χ2v) is 7.49. The Bertz CT molecular complexity index is 507.